The molecule has 146 valence electrons. The second kappa shape index (κ2) is 8.61. The molecule has 0 bridgehead atoms. The Morgan fingerprint density at radius 2 is 1.71 bits per heavy atom. The second-order valence-electron chi connectivity index (χ2n) is 6.64. The Morgan fingerprint density at radius 1 is 1.07 bits per heavy atom. The van der Waals surface area contributed by atoms with Crippen molar-refractivity contribution in [2.75, 3.05) is 7.11 Å². The number of benzene rings is 2. The maximum atomic E-state index is 12.7. The Balaban J connectivity index is 1.68. The Hall–Kier alpha value is -3.28. The van der Waals surface area contributed by atoms with E-state index in [-0.39, 0.29) is 24.2 Å². The molecule has 0 aliphatic carbocycles. The van der Waals surface area contributed by atoms with Crippen molar-refractivity contribution >= 4 is 5.91 Å². The van der Waals surface area contributed by atoms with Crippen LogP contribution >= 0.6 is 0 Å². The summed E-state index contributed by atoms with van der Waals surface area (Å²) in [4.78, 5) is 12.7. The summed E-state index contributed by atoms with van der Waals surface area (Å²) in [5, 5.41) is 6.88. The molecule has 0 saturated carbocycles. The standard InChI is InChI=1S/C22H24N2O4/c1-14-5-9-19(10-6-14)27-13-20-16(3)28-24-21(20)22(25)23-15(2)17-7-11-18(26-4)12-8-17/h5-12,15H,13H2,1-4H3,(H,23,25). The van der Waals surface area contributed by atoms with E-state index in [0.717, 1.165) is 22.6 Å². The van der Waals surface area contributed by atoms with Gasteiger partial charge in [-0.2, -0.15) is 0 Å². The summed E-state index contributed by atoms with van der Waals surface area (Å²) in [6.07, 6.45) is 0. The van der Waals surface area contributed by atoms with Crippen molar-refractivity contribution in [1.29, 1.82) is 0 Å². The first-order valence-electron chi connectivity index (χ1n) is 9.07. The van der Waals surface area contributed by atoms with E-state index in [2.05, 4.69) is 10.5 Å². The molecule has 1 N–H and O–H groups in total. The van der Waals surface area contributed by atoms with E-state index in [4.69, 9.17) is 14.0 Å². The molecule has 0 saturated heterocycles. The first kappa shape index (κ1) is 19.5. The molecule has 0 aliphatic heterocycles. The van der Waals surface area contributed by atoms with Gasteiger partial charge in [0, 0.05) is 0 Å². The molecule has 6 nitrogen and oxygen atoms in total. The van der Waals surface area contributed by atoms with Gasteiger partial charge in [0.2, 0.25) is 0 Å². The number of hydrogen-bond donors (Lipinski definition) is 1. The molecular weight excluding hydrogens is 356 g/mol. The van der Waals surface area contributed by atoms with Gasteiger partial charge in [-0.3, -0.25) is 4.79 Å². The molecule has 6 heteroatoms. The number of nitrogens with one attached hydrogen (secondary N) is 1. The molecule has 1 aromatic heterocycles. The predicted octanol–water partition coefficient (Wildman–Crippen LogP) is 4.37. The van der Waals surface area contributed by atoms with Crippen molar-refractivity contribution in [2.24, 2.45) is 0 Å². The number of carbonyl (C=O) groups is 1. The van der Waals surface area contributed by atoms with E-state index >= 15 is 0 Å². The molecular formula is C22H24N2O4. The number of aryl methyl sites for hydroxylation is 2. The minimum atomic E-state index is -0.303. The maximum absolute atomic E-state index is 12.7. The molecule has 2 aromatic carbocycles. The summed E-state index contributed by atoms with van der Waals surface area (Å²) in [5.74, 6) is 1.76. The largest absolute Gasteiger partial charge is 0.497 e. The Kier molecular flexibility index (Phi) is 5.99. The number of aromatic nitrogens is 1. The van der Waals surface area contributed by atoms with Crippen LogP contribution in [0.3, 0.4) is 0 Å². The average molecular weight is 380 g/mol. The van der Waals surface area contributed by atoms with Crippen LogP contribution in [-0.2, 0) is 6.61 Å². The van der Waals surface area contributed by atoms with Crippen molar-refractivity contribution in [3.8, 4) is 11.5 Å². The highest BCUT2D eigenvalue weighted by atomic mass is 16.5. The minimum absolute atomic E-state index is 0.193. The van der Waals surface area contributed by atoms with Gasteiger partial charge < -0.3 is 19.3 Å². The zero-order valence-electron chi connectivity index (χ0n) is 16.5. The van der Waals surface area contributed by atoms with Crippen LogP contribution in [-0.4, -0.2) is 18.2 Å². The normalized spacial score (nSPS) is 11.7. The SMILES string of the molecule is COc1ccc(C(C)NC(=O)c2noc(C)c2COc2ccc(C)cc2)cc1. The smallest absolute Gasteiger partial charge is 0.274 e. The quantitative estimate of drug-likeness (QED) is 0.659. The highest BCUT2D eigenvalue weighted by Gasteiger charge is 2.22. The first-order valence-corrected chi connectivity index (χ1v) is 9.07. The molecule has 3 rings (SSSR count). The molecule has 1 unspecified atom stereocenters. The van der Waals surface area contributed by atoms with Crippen molar-refractivity contribution in [2.45, 2.75) is 33.4 Å². The van der Waals surface area contributed by atoms with Crippen molar-refractivity contribution in [1.82, 2.24) is 10.5 Å². The van der Waals surface area contributed by atoms with Crippen molar-refractivity contribution in [3.63, 3.8) is 0 Å². The molecule has 0 aliphatic rings. The molecule has 0 radical (unpaired) electrons. The summed E-state index contributed by atoms with van der Waals surface area (Å²) >= 11 is 0. The van der Waals surface area contributed by atoms with Gasteiger partial charge in [0.1, 0.15) is 23.9 Å². The van der Waals surface area contributed by atoms with Crippen LogP contribution in [0, 0.1) is 13.8 Å². The lowest BCUT2D eigenvalue weighted by Gasteiger charge is -2.14. The summed E-state index contributed by atoms with van der Waals surface area (Å²) in [5.41, 5.74) is 3.00. The van der Waals surface area contributed by atoms with Crippen LogP contribution in [0.5, 0.6) is 11.5 Å². The molecule has 28 heavy (non-hydrogen) atoms. The number of rotatable bonds is 7. The molecule has 0 fully saturated rings. The summed E-state index contributed by atoms with van der Waals surface area (Å²) in [6, 6.07) is 15.1. The van der Waals surface area contributed by atoms with E-state index in [1.54, 1.807) is 14.0 Å². The Labute approximate surface area is 164 Å². The van der Waals surface area contributed by atoms with Crippen molar-refractivity contribution in [3.05, 3.63) is 76.7 Å². The monoisotopic (exact) mass is 380 g/mol. The first-order chi connectivity index (χ1) is 13.5. The number of amides is 1. The van der Waals surface area contributed by atoms with E-state index in [9.17, 15) is 4.79 Å². The number of hydrogen-bond acceptors (Lipinski definition) is 5. The third kappa shape index (κ3) is 4.52. The minimum Gasteiger partial charge on any atom is -0.497 e. The lowest BCUT2D eigenvalue weighted by atomic mass is 10.1. The van der Waals surface area contributed by atoms with Crippen LogP contribution < -0.4 is 14.8 Å². The van der Waals surface area contributed by atoms with Gasteiger partial charge in [-0.15, -0.1) is 0 Å². The van der Waals surface area contributed by atoms with Gasteiger partial charge >= 0.3 is 0 Å². The number of methoxy groups -OCH3 is 1. The van der Waals surface area contributed by atoms with E-state index < -0.39 is 0 Å². The van der Waals surface area contributed by atoms with Crippen LogP contribution in [0.2, 0.25) is 0 Å². The van der Waals surface area contributed by atoms with Gasteiger partial charge in [0.05, 0.1) is 18.7 Å². The lowest BCUT2D eigenvalue weighted by Crippen LogP contribution is -2.28. The van der Waals surface area contributed by atoms with Gasteiger partial charge in [0.25, 0.3) is 5.91 Å². The fourth-order valence-electron chi connectivity index (χ4n) is 2.77. The van der Waals surface area contributed by atoms with Gasteiger partial charge in [-0.1, -0.05) is 35.0 Å². The number of carbonyl (C=O) groups excluding carboxylic acids is 1. The molecule has 0 spiro atoms. The zero-order chi connectivity index (χ0) is 20.1. The Bertz CT molecular complexity index is 930. The number of ether oxygens (including phenoxy) is 2. The zero-order valence-corrected chi connectivity index (χ0v) is 16.5. The third-order valence-electron chi connectivity index (χ3n) is 4.57. The second-order valence-corrected chi connectivity index (χ2v) is 6.64. The third-order valence-corrected chi connectivity index (χ3v) is 4.57. The van der Waals surface area contributed by atoms with Crippen LogP contribution in [0.4, 0.5) is 0 Å². The molecule has 1 amide bonds. The number of nitrogens with zero attached hydrogens (tertiary/aromatic N) is 1. The summed E-state index contributed by atoms with van der Waals surface area (Å²) in [6.45, 7) is 5.90. The highest BCUT2D eigenvalue weighted by molar-refractivity contribution is 5.94. The lowest BCUT2D eigenvalue weighted by molar-refractivity contribution is 0.0928. The molecule has 1 heterocycles. The van der Waals surface area contributed by atoms with Gasteiger partial charge in [0.15, 0.2) is 5.69 Å². The summed E-state index contributed by atoms with van der Waals surface area (Å²) < 4.78 is 16.2. The van der Waals surface area contributed by atoms with Crippen molar-refractivity contribution < 1.29 is 18.8 Å². The van der Waals surface area contributed by atoms with E-state index in [1.165, 1.54) is 0 Å². The van der Waals surface area contributed by atoms with E-state index in [1.807, 2.05) is 62.4 Å². The maximum Gasteiger partial charge on any atom is 0.274 e. The highest BCUT2D eigenvalue weighted by Crippen LogP contribution is 2.21. The predicted molar refractivity (Wildman–Crippen MR) is 106 cm³/mol. The Morgan fingerprint density at radius 3 is 2.36 bits per heavy atom. The molecule has 1 atom stereocenters. The average Bonchev–Trinajstić information content (AvgIpc) is 3.08. The van der Waals surface area contributed by atoms with Crippen LogP contribution in [0.25, 0.3) is 0 Å². The molecule has 3 aromatic rings. The summed E-state index contributed by atoms with van der Waals surface area (Å²) in [7, 11) is 1.62. The van der Waals surface area contributed by atoms with Gasteiger partial charge in [-0.05, 0) is 50.6 Å². The van der Waals surface area contributed by atoms with Crippen LogP contribution in [0.15, 0.2) is 53.1 Å². The van der Waals surface area contributed by atoms with Crippen LogP contribution in [0.1, 0.15) is 45.9 Å². The van der Waals surface area contributed by atoms with E-state index in [0.29, 0.717) is 11.3 Å². The fourth-order valence-corrected chi connectivity index (χ4v) is 2.77. The fraction of sp³-hybridized carbons (Fsp3) is 0.273. The topological polar surface area (TPSA) is 73.6 Å². The van der Waals surface area contributed by atoms with Gasteiger partial charge in [-0.25, -0.2) is 0 Å².